The van der Waals surface area contributed by atoms with Crippen LogP contribution in [0, 0.1) is 0 Å². The van der Waals surface area contributed by atoms with Crippen LogP contribution < -0.4 is 10.6 Å². The molecule has 6 heteroatoms. The van der Waals surface area contributed by atoms with Crippen molar-refractivity contribution in [3.63, 3.8) is 0 Å². The van der Waals surface area contributed by atoms with Crippen molar-refractivity contribution >= 4 is 12.4 Å². The topological polar surface area (TPSA) is 27.3 Å². The molecule has 2 rings (SSSR count). The van der Waals surface area contributed by atoms with Gasteiger partial charge in [0.15, 0.2) is 0 Å². The smallest absolute Gasteiger partial charge is 0.255 e. The van der Waals surface area contributed by atoms with Gasteiger partial charge in [0.25, 0.3) is 6.43 Å². The summed E-state index contributed by atoms with van der Waals surface area (Å²) in [4.78, 5) is 1.94. The summed E-state index contributed by atoms with van der Waals surface area (Å²) in [6.07, 6.45) is -2.23. The van der Waals surface area contributed by atoms with Gasteiger partial charge in [-0.25, -0.2) is 8.78 Å². The third-order valence-corrected chi connectivity index (χ3v) is 2.85. The zero-order valence-electron chi connectivity index (χ0n) is 7.88. The summed E-state index contributed by atoms with van der Waals surface area (Å²) in [7, 11) is 0. The highest BCUT2D eigenvalue weighted by atomic mass is 35.5. The lowest BCUT2D eigenvalue weighted by atomic mass is 10.1. The Balaban J connectivity index is 0.000000980. The van der Waals surface area contributed by atoms with Gasteiger partial charge in [-0.05, 0) is 0 Å². The van der Waals surface area contributed by atoms with Crippen molar-refractivity contribution in [2.75, 3.05) is 32.7 Å². The van der Waals surface area contributed by atoms with Crippen molar-refractivity contribution in [1.29, 1.82) is 0 Å². The van der Waals surface area contributed by atoms with Crippen LogP contribution in [0.5, 0.6) is 0 Å². The van der Waals surface area contributed by atoms with Crippen LogP contribution in [-0.4, -0.2) is 56.1 Å². The predicted molar refractivity (Wildman–Crippen MR) is 53.3 cm³/mol. The fourth-order valence-corrected chi connectivity index (χ4v) is 1.94. The summed E-state index contributed by atoms with van der Waals surface area (Å²) < 4.78 is 25.2. The summed E-state index contributed by atoms with van der Waals surface area (Å²) in [6.45, 7) is 3.74. The molecule has 2 heterocycles. The van der Waals surface area contributed by atoms with E-state index in [1.807, 2.05) is 4.90 Å². The van der Waals surface area contributed by atoms with E-state index in [0.29, 0.717) is 12.6 Å². The van der Waals surface area contributed by atoms with Crippen LogP contribution >= 0.6 is 12.4 Å². The van der Waals surface area contributed by atoms with Gasteiger partial charge >= 0.3 is 0 Å². The number of halogens is 3. The van der Waals surface area contributed by atoms with Crippen molar-refractivity contribution in [2.45, 2.75) is 18.5 Å². The second-order valence-corrected chi connectivity index (χ2v) is 3.66. The Morgan fingerprint density at radius 2 is 1.86 bits per heavy atom. The molecular formula is C8H16ClF2N3. The molecule has 2 saturated heterocycles. The number of nitrogens with zero attached hydrogens (tertiary/aromatic N) is 1. The summed E-state index contributed by atoms with van der Waals surface area (Å²) in [5.41, 5.74) is 0. The minimum Gasteiger partial charge on any atom is -0.314 e. The van der Waals surface area contributed by atoms with Gasteiger partial charge in [-0.2, -0.15) is 0 Å². The summed E-state index contributed by atoms with van der Waals surface area (Å²) in [5.74, 6) is 0. The van der Waals surface area contributed by atoms with Crippen LogP contribution in [0.25, 0.3) is 0 Å². The maximum Gasteiger partial charge on any atom is 0.255 e. The van der Waals surface area contributed by atoms with Gasteiger partial charge in [0.05, 0.1) is 6.04 Å². The molecular weight excluding hydrogens is 212 g/mol. The molecule has 2 aliphatic heterocycles. The van der Waals surface area contributed by atoms with Crippen LogP contribution in [0.2, 0.25) is 0 Å². The van der Waals surface area contributed by atoms with Gasteiger partial charge in [0, 0.05) is 38.8 Å². The summed E-state index contributed by atoms with van der Waals surface area (Å²) >= 11 is 0. The fourth-order valence-electron chi connectivity index (χ4n) is 1.94. The van der Waals surface area contributed by atoms with Gasteiger partial charge in [0.2, 0.25) is 0 Å². The van der Waals surface area contributed by atoms with Crippen LogP contribution in [0.3, 0.4) is 0 Å². The van der Waals surface area contributed by atoms with E-state index >= 15 is 0 Å². The average molecular weight is 228 g/mol. The minimum atomic E-state index is -2.23. The Morgan fingerprint density at radius 1 is 1.14 bits per heavy atom. The molecule has 0 aromatic carbocycles. The van der Waals surface area contributed by atoms with E-state index in [2.05, 4.69) is 10.6 Å². The normalized spacial score (nSPS) is 29.8. The molecule has 0 aliphatic carbocycles. The average Bonchev–Trinajstić information content (AvgIpc) is 2.02. The second-order valence-electron chi connectivity index (χ2n) is 3.66. The number of piperazine rings is 1. The monoisotopic (exact) mass is 227 g/mol. The van der Waals surface area contributed by atoms with Gasteiger partial charge in [0.1, 0.15) is 0 Å². The van der Waals surface area contributed by atoms with E-state index in [4.69, 9.17) is 0 Å². The van der Waals surface area contributed by atoms with Crippen LogP contribution in [-0.2, 0) is 0 Å². The van der Waals surface area contributed by atoms with E-state index in [1.165, 1.54) is 0 Å². The predicted octanol–water partition coefficient (Wildman–Crippen LogP) is -0.0811. The van der Waals surface area contributed by atoms with Crippen LogP contribution in [0.15, 0.2) is 0 Å². The van der Waals surface area contributed by atoms with Crippen molar-refractivity contribution in [3.05, 3.63) is 0 Å². The standard InChI is InChI=1S/C8H15F2N3.ClH/c9-8(10)7-5-11-1-2-13(7)6-3-12-4-6;/h6-8,11-12H,1-5H2;1H. The Hall–Kier alpha value is 0.0300. The molecule has 0 aromatic heterocycles. The van der Waals surface area contributed by atoms with Crippen LogP contribution in [0.4, 0.5) is 8.78 Å². The van der Waals surface area contributed by atoms with Gasteiger partial charge in [-0.15, -0.1) is 12.4 Å². The third kappa shape index (κ3) is 2.34. The fraction of sp³-hybridized carbons (Fsp3) is 1.00. The number of hydrogen-bond donors (Lipinski definition) is 2. The first-order valence-electron chi connectivity index (χ1n) is 4.74. The lowest BCUT2D eigenvalue weighted by molar-refractivity contribution is -0.0214. The number of hydrogen-bond acceptors (Lipinski definition) is 3. The maximum atomic E-state index is 12.6. The molecule has 2 fully saturated rings. The van der Waals surface area contributed by atoms with Gasteiger partial charge in [-0.1, -0.05) is 0 Å². The Kier molecular flexibility index (Phi) is 4.50. The first-order valence-corrected chi connectivity index (χ1v) is 4.74. The molecule has 2 N–H and O–H groups in total. The first kappa shape index (κ1) is 12.1. The molecule has 14 heavy (non-hydrogen) atoms. The quantitative estimate of drug-likeness (QED) is 0.691. The third-order valence-electron chi connectivity index (χ3n) is 2.85. The molecule has 1 unspecified atom stereocenters. The zero-order valence-corrected chi connectivity index (χ0v) is 8.70. The lowest BCUT2D eigenvalue weighted by Gasteiger charge is -2.45. The second kappa shape index (κ2) is 5.21. The molecule has 84 valence electrons. The number of alkyl halides is 2. The van der Waals surface area contributed by atoms with Crippen molar-refractivity contribution in [2.24, 2.45) is 0 Å². The van der Waals surface area contributed by atoms with E-state index < -0.39 is 12.5 Å². The highest BCUT2D eigenvalue weighted by molar-refractivity contribution is 5.85. The largest absolute Gasteiger partial charge is 0.314 e. The molecule has 0 radical (unpaired) electrons. The van der Waals surface area contributed by atoms with Gasteiger partial charge < -0.3 is 10.6 Å². The summed E-state index contributed by atoms with van der Waals surface area (Å²) in [5, 5.41) is 6.12. The Labute approximate surface area is 88.6 Å². The number of nitrogens with one attached hydrogen (secondary N) is 2. The Morgan fingerprint density at radius 3 is 2.36 bits per heavy atom. The molecule has 1 atom stereocenters. The zero-order chi connectivity index (χ0) is 9.26. The Bertz CT molecular complexity index is 178. The van der Waals surface area contributed by atoms with Crippen molar-refractivity contribution in [3.8, 4) is 0 Å². The molecule has 2 aliphatic rings. The van der Waals surface area contributed by atoms with E-state index in [-0.39, 0.29) is 12.4 Å². The van der Waals surface area contributed by atoms with Crippen molar-refractivity contribution in [1.82, 2.24) is 15.5 Å². The number of rotatable bonds is 2. The van der Waals surface area contributed by atoms with Crippen molar-refractivity contribution < 1.29 is 8.78 Å². The molecule has 0 aromatic rings. The summed E-state index contributed by atoms with van der Waals surface area (Å²) in [6, 6.07) is -0.248. The van der Waals surface area contributed by atoms with Crippen LogP contribution in [0.1, 0.15) is 0 Å². The minimum absolute atomic E-state index is 0. The molecule has 0 amide bonds. The highest BCUT2D eigenvalue weighted by Crippen LogP contribution is 2.17. The van der Waals surface area contributed by atoms with E-state index in [0.717, 1.165) is 26.2 Å². The molecule has 0 bridgehead atoms. The maximum absolute atomic E-state index is 12.6. The van der Waals surface area contributed by atoms with Gasteiger partial charge in [-0.3, -0.25) is 4.90 Å². The molecule has 3 nitrogen and oxygen atoms in total. The highest BCUT2D eigenvalue weighted by Gasteiger charge is 2.36. The lowest BCUT2D eigenvalue weighted by Crippen LogP contribution is -2.66. The van der Waals surface area contributed by atoms with E-state index in [9.17, 15) is 8.78 Å². The SMILES string of the molecule is Cl.FC(F)C1CNCCN1C1CNC1. The van der Waals surface area contributed by atoms with E-state index in [1.54, 1.807) is 0 Å². The first-order chi connectivity index (χ1) is 6.29. The molecule has 0 spiro atoms. The molecule has 0 saturated carbocycles.